The Hall–Kier alpha value is -3.09. The number of piperidine rings is 1. The summed E-state index contributed by atoms with van der Waals surface area (Å²) in [5.74, 6) is 0.0366. The zero-order valence-electron chi connectivity index (χ0n) is 21.2. The summed E-state index contributed by atoms with van der Waals surface area (Å²) in [5.41, 5.74) is 2.72. The molecule has 0 bridgehead atoms. The van der Waals surface area contributed by atoms with Gasteiger partial charge in [0.25, 0.3) is 0 Å². The molecule has 2 heterocycles. The molecule has 35 heavy (non-hydrogen) atoms. The molecule has 2 aromatic carbocycles. The van der Waals surface area contributed by atoms with Gasteiger partial charge in [-0.1, -0.05) is 36.4 Å². The van der Waals surface area contributed by atoms with Gasteiger partial charge in [-0.3, -0.25) is 0 Å². The summed E-state index contributed by atoms with van der Waals surface area (Å²) in [6.45, 7) is 8.13. The molecule has 0 unspecified atom stereocenters. The Kier molecular flexibility index (Phi) is 7.33. The fourth-order valence-electron chi connectivity index (χ4n) is 5.09. The van der Waals surface area contributed by atoms with E-state index in [1.165, 1.54) is 17.7 Å². The van der Waals surface area contributed by atoms with E-state index in [1.807, 2.05) is 44.9 Å². The number of benzene rings is 2. The molecule has 7 heteroatoms. The lowest BCUT2D eigenvalue weighted by molar-refractivity contribution is 0.0173. The summed E-state index contributed by atoms with van der Waals surface area (Å²) < 4.78 is 19.1. The van der Waals surface area contributed by atoms with Gasteiger partial charge in [-0.05, 0) is 74.8 Å². The second kappa shape index (κ2) is 10.3. The van der Waals surface area contributed by atoms with Crippen molar-refractivity contribution in [3.8, 4) is 0 Å². The first-order valence-corrected chi connectivity index (χ1v) is 12.5. The lowest BCUT2D eigenvalue weighted by Gasteiger charge is -2.41. The van der Waals surface area contributed by atoms with Crippen molar-refractivity contribution in [1.29, 1.82) is 0 Å². The number of likely N-dealkylation sites (tertiary alicyclic amines) is 1. The van der Waals surface area contributed by atoms with E-state index in [1.54, 1.807) is 21.9 Å². The largest absolute Gasteiger partial charge is 0.444 e. The fourth-order valence-corrected chi connectivity index (χ4v) is 5.09. The number of ether oxygens (including phenoxy) is 1. The first-order chi connectivity index (χ1) is 16.6. The zero-order chi connectivity index (χ0) is 25.2. The number of rotatable bonds is 3. The van der Waals surface area contributed by atoms with Gasteiger partial charge in [-0.25, -0.2) is 14.0 Å². The van der Waals surface area contributed by atoms with Gasteiger partial charge in [0.15, 0.2) is 0 Å². The zero-order valence-corrected chi connectivity index (χ0v) is 21.2. The fraction of sp³-hybridized carbons (Fsp3) is 0.500. The van der Waals surface area contributed by atoms with Crippen LogP contribution in [0.4, 0.5) is 14.0 Å². The van der Waals surface area contributed by atoms with Crippen molar-refractivity contribution in [1.82, 2.24) is 14.7 Å². The predicted octanol–water partition coefficient (Wildman–Crippen LogP) is 5.47. The van der Waals surface area contributed by atoms with Gasteiger partial charge in [0.1, 0.15) is 11.4 Å². The average Bonchev–Trinajstić information content (AvgIpc) is 2.83. The minimum absolute atomic E-state index is 0.0246. The van der Waals surface area contributed by atoms with Crippen molar-refractivity contribution in [2.75, 3.05) is 33.2 Å². The number of hydrogen-bond acceptors (Lipinski definition) is 3. The normalized spacial score (nSPS) is 18.7. The van der Waals surface area contributed by atoms with Crippen molar-refractivity contribution >= 4 is 12.1 Å². The Bertz CT molecular complexity index is 1040. The molecule has 0 aromatic heterocycles. The quantitative estimate of drug-likeness (QED) is 0.584. The summed E-state index contributed by atoms with van der Waals surface area (Å²) >= 11 is 0. The molecule has 3 amide bonds. The molecule has 1 fully saturated rings. The first-order valence-electron chi connectivity index (χ1n) is 12.5. The van der Waals surface area contributed by atoms with Crippen molar-refractivity contribution in [3.05, 3.63) is 71.0 Å². The molecule has 2 aliphatic heterocycles. The van der Waals surface area contributed by atoms with Crippen molar-refractivity contribution < 1.29 is 18.7 Å². The molecule has 0 radical (unpaired) electrons. The van der Waals surface area contributed by atoms with Crippen molar-refractivity contribution in [2.24, 2.45) is 5.92 Å². The van der Waals surface area contributed by atoms with Gasteiger partial charge in [-0.15, -0.1) is 0 Å². The second-order valence-electron chi connectivity index (χ2n) is 10.7. The summed E-state index contributed by atoms with van der Waals surface area (Å²) in [6.07, 6.45) is 2.19. The molecule has 2 aromatic rings. The van der Waals surface area contributed by atoms with Gasteiger partial charge in [0.2, 0.25) is 0 Å². The molecule has 1 saturated heterocycles. The standard InChI is InChI=1S/C28H36FN3O3/c1-28(2,3)35-27(34)31-16-13-20(14-17-31)19-30(4)26(33)32-18-15-21-7-5-6-8-24(21)25(32)22-9-11-23(29)12-10-22/h5-12,20,25H,13-19H2,1-4H3/t25-/m0/s1. The summed E-state index contributed by atoms with van der Waals surface area (Å²) in [7, 11) is 1.85. The summed E-state index contributed by atoms with van der Waals surface area (Å²) in [5, 5.41) is 0. The van der Waals surface area contributed by atoms with Crippen LogP contribution in [0, 0.1) is 11.7 Å². The first kappa shape index (κ1) is 25.0. The van der Waals surface area contributed by atoms with E-state index in [0.29, 0.717) is 32.1 Å². The Morgan fingerprint density at radius 3 is 2.34 bits per heavy atom. The highest BCUT2D eigenvalue weighted by molar-refractivity contribution is 5.76. The van der Waals surface area contributed by atoms with E-state index in [9.17, 15) is 14.0 Å². The second-order valence-corrected chi connectivity index (χ2v) is 10.7. The number of fused-ring (bicyclic) bond motifs is 1. The maximum atomic E-state index is 13.7. The number of amides is 3. The molecule has 0 spiro atoms. The molecule has 0 aliphatic carbocycles. The Labute approximate surface area is 207 Å². The Morgan fingerprint density at radius 2 is 1.69 bits per heavy atom. The van der Waals surface area contributed by atoms with Crippen molar-refractivity contribution in [3.63, 3.8) is 0 Å². The highest BCUT2D eigenvalue weighted by atomic mass is 19.1. The van der Waals surface area contributed by atoms with Gasteiger partial charge in [-0.2, -0.15) is 0 Å². The lowest BCUT2D eigenvalue weighted by Crippen LogP contribution is -2.49. The third kappa shape index (κ3) is 5.95. The van der Waals surface area contributed by atoms with Crippen LogP contribution in [-0.2, 0) is 11.2 Å². The third-order valence-corrected chi connectivity index (χ3v) is 6.84. The highest BCUT2D eigenvalue weighted by Crippen LogP contribution is 2.36. The number of carbonyl (C=O) groups is 2. The monoisotopic (exact) mass is 481 g/mol. The van der Waals surface area contributed by atoms with Crippen LogP contribution < -0.4 is 0 Å². The maximum absolute atomic E-state index is 13.7. The van der Waals surface area contributed by atoms with E-state index in [0.717, 1.165) is 30.4 Å². The van der Waals surface area contributed by atoms with E-state index in [2.05, 4.69) is 12.1 Å². The van der Waals surface area contributed by atoms with Crippen LogP contribution in [0.25, 0.3) is 0 Å². The Balaban J connectivity index is 1.42. The van der Waals surface area contributed by atoms with E-state index < -0.39 is 5.60 Å². The number of hydrogen-bond donors (Lipinski definition) is 0. The predicted molar refractivity (Wildman–Crippen MR) is 134 cm³/mol. The van der Waals surface area contributed by atoms with Gasteiger partial charge in [0, 0.05) is 33.2 Å². The maximum Gasteiger partial charge on any atom is 0.410 e. The molecular weight excluding hydrogens is 445 g/mol. The van der Waals surface area contributed by atoms with E-state index in [-0.39, 0.29) is 24.0 Å². The van der Waals surface area contributed by atoms with Gasteiger partial charge in [0.05, 0.1) is 6.04 Å². The molecule has 1 atom stereocenters. The third-order valence-electron chi connectivity index (χ3n) is 6.84. The molecule has 188 valence electrons. The van der Waals surface area contributed by atoms with Crippen LogP contribution in [0.15, 0.2) is 48.5 Å². The molecule has 6 nitrogen and oxygen atoms in total. The minimum atomic E-state index is -0.505. The van der Waals surface area contributed by atoms with Crippen LogP contribution in [0.1, 0.15) is 56.3 Å². The summed E-state index contributed by atoms with van der Waals surface area (Å²) in [6, 6.07) is 14.4. The highest BCUT2D eigenvalue weighted by Gasteiger charge is 2.34. The lowest BCUT2D eigenvalue weighted by atomic mass is 9.88. The SMILES string of the molecule is CN(CC1CCN(C(=O)OC(C)(C)C)CC1)C(=O)N1CCc2ccccc2[C@@H]1c1ccc(F)cc1. The topological polar surface area (TPSA) is 53.1 Å². The number of halogens is 1. The van der Waals surface area contributed by atoms with E-state index >= 15 is 0 Å². The minimum Gasteiger partial charge on any atom is -0.444 e. The number of urea groups is 1. The van der Waals surface area contributed by atoms with Crippen LogP contribution in [0.3, 0.4) is 0 Å². The smallest absolute Gasteiger partial charge is 0.410 e. The van der Waals surface area contributed by atoms with Crippen LogP contribution >= 0.6 is 0 Å². The average molecular weight is 482 g/mol. The van der Waals surface area contributed by atoms with Crippen LogP contribution in [-0.4, -0.2) is 65.7 Å². The van der Waals surface area contributed by atoms with Gasteiger partial charge < -0.3 is 19.4 Å². The Morgan fingerprint density at radius 1 is 1.03 bits per heavy atom. The van der Waals surface area contributed by atoms with E-state index in [4.69, 9.17) is 4.74 Å². The molecule has 4 rings (SSSR count). The summed E-state index contributed by atoms with van der Waals surface area (Å²) in [4.78, 5) is 31.5. The molecule has 0 N–H and O–H groups in total. The number of carbonyl (C=O) groups excluding carboxylic acids is 2. The molecule has 2 aliphatic rings. The number of nitrogens with zero attached hydrogens (tertiary/aromatic N) is 3. The van der Waals surface area contributed by atoms with Crippen LogP contribution in [0.2, 0.25) is 0 Å². The molecular formula is C28H36FN3O3. The van der Waals surface area contributed by atoms with Crippen LogP contribution in [0.5, 0.6) is 0 Å². The molecule has 0 saturated carbocycles. The van der Waals surface area contributed by atoms with Crippen molar-refractivity contribution in [2.45, 2.75) is 51.7 Å². The van der Waals surface area contributed by atoms with Gasteiger partial charge >= 0.3 is 12.1 Å².